The summed E-state index contributed by atoms with van der Waals surface area (Å²) in [4.78, 5) is 38.3. The topological polar surface area (TPSA) is 63.7 Å². The molecule has 0 saturated carbocycles. The number of ketones is 1. The standard InChI is InChI=1S/C28H33F2NO4/c1-6-14-31(25(33)15-18(3)7-2)17-22-9-8-20(26(29)27(22)30)10-12-23-19(4)16-21(28(34)35-5)11-13-24(23)32/h6,8-9,11,13-16,19,23H,7,10,12,17H2,1-5H3. The highest BCUT2D eigenvalue weighted by Gasteiger charge is 2.27. The molecule has 0 bridgehead atoms. The molecule has 0 fully saturated rings. The zero-order chi connectivity index (χ0) is 26.1. The van der Waals surface area contributed by atoms with Crippen molar-refractivity contribution in [3.8, 4) is 0 Å². The molecule has 1 aliphatic carbocycles. The Hall–Kier alpha value is -3.35. The van der Waals surface area contributed by atoms with Gasteiger partial charge in [0.1, 0.15) is 0 Å². The second-order valence-corrected chi connectivity index (χ2v) is 8.66. The van der Waals surface area contributed by atoms with E-state index in [1.807, 2.05) is 13.8 Å². The molecule has 0 aromatic heterocycles. The third kappa shape index (κ3) is 7.31. The summed E-state index contributed by atoms with van der Waals surface area (Å²) in [7, 11) is 1.27. The van der Waals surface area contributed by atoms with Gasteiger partial charge in [-0.05, 0) is 56.7 Å². The molecule has 0 N–H and O–H groups in total. The number of esters is 1. The summed E-state index contributed by atoms with van der Waals surface area (Å²) in [6, 6.07) is 2.97. The minimum Gasteiger partial charge on any atom is -0.465 e. The Bertz CT molecular complexity index is 1080. The van der Waals surface area contributed by atoms with Crippen LogP contribution in [0, 0.1) is 23.5 Å². The van der Waals surface area contributed by atoms with Crippen LogP contribution in [0.15, 0.2) is 59.9 Å². The van der Waals surface area contributed by atoms with E-state index in [2.05, 4.69) is 0 Å². The zero-order valence-electron chi connectivity index (χ0n) is 20.9. The molecule has 2 rings (SSSR count). The molecule has 0 spiro atoms. The van der Waals surface area contributed by atoms with E-state index in [9.17, 15) is 23.2 Å². The Balaban J connectivity index is 2.19. The molecule has 5 nitrogen and oxygen atoms in total. The molecular formula is C28H33F2NO4. The van der Waals surface area contributed by atoms with Crippen LogP contribution >= 0.6 is 0 Å². The molecule has 0 radical (unpaired) electrons. The number of carbonyl (C=O) groups excluding carboxylic acids is 3. The van der Waals surface area contributed by atoms with E-state index in [0.29, 0.717) is 12.0 Å². The molecule has 0 saturated heterocycles. The van der Waals surface area contributed by atoms with Gasteiger partial charge in [0.25, 0.3) is 5.91 Å². The SMILES string of the molecule is CC=CN(Cc1ccc(CCC2C(=O)C=CC(C(=O)OC)=CC2C)c(F)c1F)C(=O)C=C(C)CC. The summed E-state index contributed by atoms with van der Waals surface area (Å²) in [5.41, 5.74) is 1.40. The molecule has 188 valence electrons. The molecule has 1 aromatic carbocycles. The van der Waals surface area contributed by atoms with E-state index < -0.39 is 23.5 Å². The number of methoxy groups -OCH3 is 1. The third-order valence-electron chi connectivity index (χ3n) is 6.14. The fourth-order valence-corrected chi connectivity index (χ4v) is 3.89. The number of aryl methyl sites for hydroxylation is 1. The smallest absolute Gasteiger partial charge is 0.337 e. The normalized spacial score (nSPS) is 18.4. The Labute approximate surface area is 205 Å². The first kappa shape index (κ1) is 27.9. The summed E-state index contributed by atoms with van der Waals surface area (Å²) in [6.45, 7) is 7.21. The van der Waals surface area contributed by atoms with Gasteiger partial charge in [0.15, 0.2) is 17.4 Å². The predicted octanol–water partition coefficient (Wildman–Crippen LogP) is 5.61. The summed E-state index contributed by atoms with van der Waals surface area (Å²) in [5, 5.41) is 0. The van der Waals surface area contributed by atoms with Gasteiger partial charge in [0, 0.05) is 23.8 Å². The maximum atomic E-state index is 14.9. The lowest BCUT2D eigenvalue weighted by Crippen LogP contribution is -2.24. The minimum atomic E-state index is -1.01. The zero-order valence-corrected chi connectivity index (χ0v) is 20.9. The van der Waals surface area contributed by atoms with Crippen molar-refractivity contribution in [2.75, 3.05) is 7.11 Å². The Morgan fingerprint density at radius 1 is 1.14 bits per heavy atom. The highest BCUT2D eigenvalue weighted by Crippen LogP contribution is 2.27. The van der Waals surface area contributed by atoms with Crippen LogP contribution in [0.2, 0.25) is 0 Å². The summed E-state index contributed by atoms with van der Waals surface area (Å²) in [6.07, 6.45) is 10.3. The number of carbonyl (C=O) groups is 3. The molecule has 2 atom stereocenters. The average molecular weight is 486 g/mol. The third-order valence-corrected chi connectivity index (χ3v) is 6.14. The van der Waals surface area contributed by atoms with Crippen LogP contribution in [0.3, 0.4) is 0 Å². The van der Waals surface area contributed by atoms with Crippen molar-refractivity contribution in [2.45, 2.75) is 53.5 Å². The Morgan fingerprint density at radius 3 is 2.43 bits per heavy atom. The number of hydrogen-bond acceptors (Lipinski definition) is 4. The van der Waals surface area contributed by atoms with Gasteiger partial charge in [0.05, 0.1) is 19.2 Å². The Morgan fingerprint density at radius 2 is 1.80 bits per heavy atom. The molecule has 7 heteroatoms. The van der Waals surface area contributed by atoms with E-state index >= 15 is 0 Å². The number of allylic oxidation sites excluding steroid dienone is 4. The maximum absolute atomic E-state index is 14.9. The lowest BCUT2D eigenvalue weighted by Gasteiger charge is -2.20. The average Bonchev–Trinajstić information content (AvgIpc) is 2.98. The van der Waals surface area contributed by atoms with Crippen molar-refractivity contribution >= 4 is 17.7 Å². The van der Waals surface area contributed by atoms with E-state index in [1.54, 1.807) is 26.0 Å². The van der Waals surface area contributed by atoms with Crippen molar-refractivity contribution in [2.24, 2.45) is 11.8 Å². The number of benzene rings is 1. The largest absolute Gasteiger partial charge is 0.465 e. The van der Waals surface area contributed by atoms with Crippen LogP contribution in [0.5, 0.6) is 0 Å². The molecule has 2 unspecified atom stereocenters. The van der Waals surface area contributed by atoms with Crippen LogP contribution in [0.25, 0.3) is 0 Å². The van der Waals surface area contributed by atoms with E-state index in [1.165, 1.54) is 48.6 Å². The minimum absolute atomic E-state index is 0.0627. The van der Waals surface area contributed by atoms with Crippen molar-refractivity contribution in [3.63, 3.8) is 0 Å². The molecule has 0 heterocycles. The molecule has 35 heavy (non-hydrogen) atoms. The number of nitrogens with zero attached hydrogens (tertiary/aromatic N) is 1. The van der Waals surface area contributed by atoms with Gasteiger partial charge in [-0.1, -0.05) is 43.7 Å². The van der Waals surface area contributed by atoms with Crippen molar-refractivity contribution in [1.82, 2.24) is 4.90 Å². The monoisotopic (exact) mass is 485 g/mol. The van der Waals surface area contributed by atoms with Crippen LogP contribution in [-0.4, -0.2) is 29.7 Å². The highest BCUT2D eigenvalue weighted by atomic mass is 19.2. The maximum Gasteiger partial charge on any atom is 0.337 e. The van der Waals surface area contributed by atoms with Crippen LogP contribution in [0.4, 0.5) is 8.78 Å². The first-order valence-corrected chi connectivity index (χ1v) is 11.7. The van der Waals surface area contributed by atoms with Gasteiger partial charge in [-0.25, -0.2) is 13.6 Å². The number of rotatable bonds is 9. The first-order valence-electron chi connectivity index (χ1n) is 11.7. The van der Waals surface area contributed by atoms with Gasteiger partial charge in [-0.2, -0.15) is 0 Å². The molecule has 1 amide bonds. The Kier molecular flexibility index (Phi) is 10.3. The second-order valence-electron chi connectivity index (χ2n) is 8.66. The second kappa shape index (κ2) is 12.9. The fourth-order valence-electron chi connectivity index (χ4n) is 3.89. The molecular weight excluding hydrogens is 452 g/mol. The highest BCUT2D eigenvalue weighted by molar-refractivity contribution is 5.98. The van der Waals surface area contributed by atoms with Gasteiger partial charge in [-0.3, -0.25) is 9.59 Å². The molecule has 1 aliphatic rings. The summed E-state index contributed by atoms with van der Waals surface area (Å²) in [5.74, 6) is -3.76. The summed E-state index contributed by atoms with van der Waals surface area (Å²) >= 11 is 0. The number of ether oxygens (including phenoxy) is 1. The van der Waals surface area contributed by atoms with Crippen molar-refractivity contribution in [3.05, 3.63) is 82.6 Å². The number of hydrogen-bond donors (Lipinski definition) is 0. The first-order chi connectivity index (χ1) is 16.6. The lowest BCUT2D eigenvalue weighted by molar-refractivity contribution is -0.135. The van der Waals surface area contributed by atoms with Gasteiger partial charge < -0.3 is 9.64 Å². The van der Waals surface area contributed by atoms with Crippen molar-refractivity contribution < 1.29 is 27.9 Å². The lowest BCUT2D eigenvalue weighted by atomic mass is 9.85. The summed E-state index contributed by atoms with van der Waals surface area (Å²) < 4.78 is 34.6. The quantitative estimate of drug-likeness (QED) is 0.337. The van der Waals surface area contributed by atoms with Crippen LogP contribution < -0.4 is 0 Å². The van der Waals surface area contributed by atoms with Gasteiger partial charge >= 0.3 is 5.97 Å². The number of amides is 1. The van der Waals surface area contributed by atoms with E-state index in [0.717, 1.165) is 5.57 Å². The van der Waals surface area contributed by atoms with Gasteiger partial charge in [0.2, 0.25) is 0 Å². The van der Waals surface area contributed by atoms with E-state index in [4.69, 9.17) is 4.74 Å². The van der Waals surface area contributed by atoms with E-state index in [-0.39, 0.29) is 48.1 Å². The predicted molar refractivity (Wildman–Crippen MR) is 131 cm³/mol. The van der Waals surface area contributed by atoms with Gasteiger partial charge in [-0.15, -0.1) is 0 Å². The van der Waals surface area contributed by atoms with Crippen LogP contribution in [0.1, 0.15) is 51.7 Å². The van der Waals surface area contributed by atoms with Crippen LogP contribution in [-0.2, 0) is 32.1 Å². The molecule has 1 aromatic rings. The van der Waals surface area contributed by atoms with Crippen molar-refractivity contribution in [1.29, 1.82) is 0 Å². The number of halogens is 2. The fraction of sp³-hybridized carbons (Fsp3) is 0.393. The molecule has 0 aliphatic heterocycles.